The number of likely N-dealkylation sites (tertiary alicyclic amines) is 1. The lowest BCUT2D eigenvalue weighted by atomic mass is 10.1. The van der Waals surface area contributed by atoms with Crippen molar-refractivity contribution in [2.75, 3.05) is 26.7 Å². The minimum atomic E-state index is -0.398. The number of methoxy groups -OCH3 is 1. The van der Waals surface area contributed by atoms with Crippen LogP contribution in [0.3, 0.4) is 0 Å². The summed E-state index contributed by atoms with van der Waals surface area (Å²) in [4.78, 5) is 2.27. The van der Waals surface area contributed by atoms with Crippen LogP contribution in [0.1, 0.15) is 23.7 Å². The molecule has 0 saturated carbocycles. The van der Waals surface area contributed by atoms with Gasteiger partial charge in [0.05, 0.1) is 12.2 Å². The highest BCUT2D eigenvalue weighted by atomic mass is 16.5. The second-order valence-corrected chi connectivity index (χ2v) is 4.84. The van der Waals surface area contributed by atoms with Crippen molar-refractivity contribution in [2.45, 2.75) is 25.6 Å². The van der Waals surface area contributed by atoms with E-state index in [4.69, 9.17) is 4.74 Å². The van der Waals surface area contributed by atoms with Gasteiger partial charge in [0.2, 0.25) is 0 Å². The second kappa shape index (κ2) is 5.63. The van der Waals surface area contributed by atoms with Crippen molar-refractivity contribution in [3.63, 3.8) is 0 Å². The van der Waals surface area contributed by atoms with Crippen LogP contribution in [-0.2, 0) is 4.74 Å². The largest absolute Gasteiger partial charge is 0.387 e. The topological polar surface area (TPSA) is 32.7 Å². The summed E-state index contributed by atoms with van der Waals surface area (Å²) in [5.74, 6) is 0. The fraction of sp³-hybridized carbons (Fsp3) is 0.571. The molecule has 2 unspecified atom stereocenters. The Morgan fingerprint density at radius 1 is 1.53 bits per heavy atom. The first kappa shape index (κ1) is 12.6. The van der Waals surface area contributed by atoms with E-state index in [1.165, 1.54) is 5.56 Å². The first-order chi connectivity index (χ1) is 8.19. The molecule has 94 valence electrons. The number of hydrogen-bond acceptors (Lipinski definition) is 3. The summed E-state index contributed by atoms with van der Waals surface area (Å²) < 4.78 is 5.32. The Morgan fingerprint density at radius 3 is 3.00 bits per heavy atom. The van der Waals surface area contributed by atoms with E-state index in [1.54, 1.807) is 7.11 Å². The van der Waals surface area contributed by atoms with Gasteiger partial charge in [-0.2, -0.15) is 0 Å². The summed E-state index contributed by atoms with van der Waals surface area (Å²) >= 11 is 0. The molecule has 3 heteroatoms. The Hall–Kier alpha value is -0.900. The molecule has 2 atom stereocenters. The summed E-state index contributed by atoms with van der Waals surface area (Å²) in [5, 5.41) is 10.2. The van der Waals surface area contributed by atoms with Crippen molar-refractivity contribution in [3.8, 4) is 0 Å². The standard InChI is InChI=1S/C14H21NO2/c1-11-4-3-5-12(8-11)14(16)10-15-7-6-13(9-15)17-2/h3-5,8,13-14,16H,6-7,9-10H2,1-2H3. The first-order valence-corrected chi connectivity index (χ1v) is 6.19. The van der Waals surface area contributed by atoms with E-state index in [-0.39, 0.29) is 0 Å². The predicted octanol–water partition coefficient (Wildman–Crippen LogP) is 1.75. The van der Waals surface area contributed by atoms with Crippen molar-refractivity contribution in [1.82, 2.24) is 4.90 Å². The molecule has 0 bridgehead atoms. The third-order valence-corrected chi connectivity index (χ3v) is 3.42. The number of β-amino-alcohol motifs (C(OH)–C–C–N with tert-alkyl or cyclic N) is 1. The maximum atomic E-state index is 10.2. The van der Waals surface area contributed by atoms with Gasteiger partial charge in [0.25, 0.3) is 0 Å². The monoisotopic (exact) mass is 235 g/mol. The highest BCUT2D eigenvalue weighted by Crippen LogP contribution is 2.19. The number of hydrogen-bond donors (Lipinski definition) is 1. The fourth-order valence-electron chi connectivity index (χ4n) is 2.38. The van der Waals surface area contributed by atoms with Crippen molar-refractivity contribution in [3.05, 3.63) is 35.4 Å². The molecule has 2 rings (SSSR count). The zero-order valence-corrected chi connectivity index (χ0v) is 10.6. The second-order valence-electron chi connectivity index (χ2n) is 4.84. The summed E-state index contributed by atoms with van der Waals surface area (Å²) in [5.41, 5.74) is 2.20. The van der Waals surface area contributed by atoms with Gasteiger partial charge < -0.3 is 9.84 Å². The number of nitrogens with zero attached hydrogens (tertiary/aromatic N) is 1. The van der Waals surface area contributed by atoms with Gasteiger partial charge in [-0.1, -0.05) is 29.8 Å². The smallest absolute Gasteiger partial charge is 0.0917 e. The van der Waals surface area contributed by atoms with Gasteiger partial charge in [-0.3, -0.25) is 4.90 Å². The Balaban J connectivity index is 1.91. The summed E-state index contributed by atoms with van der Waals surface area (Å²) in [6.45, 7) is 4.69. The molecule has 1 aliphatic rings. The molecule has 0 amide bonds. The normalized spacial score (nSPS) is 22.9. The molecule has 0 aliphatic carbocycles. The molecule has 0 aromatic heterocycles. The van der Waals surface area contributed by atoms with E-state index in [0.717, 1.165) is 25.1 Å². The maximum absolute atomic E-state index is 10.2. The molecule has 1 aromatic carbocycles. The maximum Gasteiger partial charge on any atom is 0.0917 e. The predicted molar refractivity (Wildman–Crippen MR) is 68.0 cm³/mol. The lowest BCUT2D eigenvalue weighted by molar-refractivity contribution is 0.0898. The van der Waals surface area contributed by atoms with Gasteiger partial charge in [0, 0.05) is 26.7 Å². The number of rotatable bonds is 4. The van der Waals surface area contributed by atoms with Crippen LogP contribution in [0.25, 0.3) is 0 Å². The van der Waals surface area contributed by atoms with Gasteiger partial charge in [0.1, 0.15) is 0 Å². The van der Waals surface area contributed by atoms with Crippen molar-refractivity contribution in [1.29, 1.82) is 0 Å². The third kappa shape index (κ3) is 3.28. The molecule has 3 nitrogen and oxygen atoms in total. The molecule has 1 N–H and O–H groups in total. The van der Waals surface area contributed by atoms with E-state index in [0.29, 0.717) is 12.6 Å². The SMILES string of the molecule is COC1CCN(CC(O)c2cccc(C)c2)C1. The van der Waals surface area contributed by atoms with E-state index < -0.39 is 6.10 Å². The van der Waals surface area contributed by atoms with Crippen molar-refractivity contribution < 1.29 is 9.84 Å². The number of aryl methyl sites for hydroxylation is 1. The number of ether oxygens (including phenoxy) is 1. The van der Waals surface area contributed by atoms with Gasteiger partial charge >= 0.3 is 0 Å². The Labute approximate surface area is 103 Å². The van der Waals surface area contributed by atoms with Gasteiger partial charge in [0.15, 0.2) is 0 Å². The third-order valence-electron chi connectivity index (χ3n) is 3.42. The van der Waals surface area contributed by atoms with Crippen LogP contribution in [0.5, 0.6) is 0 Å². The molecule has 1 fully saturated rings. The zero-order chi connectivity index (χ0) is 12.3. The van der Waals surface area contributed by atoms with Crippen LogP contribution in [0, 0.1) is 6.92 Å². The highest BCUT2D eigenvalue weighted by molar-refractivity contribution is 5.24. The average molecular weight is 235 g/mol. The van der Waals surface area contributed by atoms with Crippen molar-refractivity contribution >= 4 is 0 Å². The Bertz CT molecular complexity index is 367. The molecule has 1 aromatic rings. The van der Waals surface area contributed by atoms with Crippen LogP contribution in [0.2, 0.25) is 0 Å². The highest BCUT2D eigenvalue weighted by Gasteiger charge is 2.24. The van der Waals surface area contributed by atoms with Crippen LogP contribution in [-0.4, -0.2) is 42.9 Å². The lowest BCUT2D eigenvalue weighted by Gasteiger charge is -2.20. The molecule has 0 spiro atoms. The van der Waals surface area contributed by atoms with E-state index >= 15 is 0 Å². The van der Waals surface area contributed by atoms with Crippen LogP contribution in [0.4, 0.5) is 0 Å². The molecule has 1 heterocycles. The number of aliphatic hydroxyl groups excluding tert-OH is 1. The molecule has 17 heavy (non-hydrogen) atoms. The molecule has 1 saturated heterocycles. The minimum absolute atomic E-state index is 0.333. The molecular weight excluding hydrogens is 214 g/mol. The van der Waals surface area contributed by atoms with E-state index in [2.05, 4.69) is 11.0 Å². The Morgan fingerprint density at radius 2 is 2.35 bits per heavy atom. The summed E-state index contributed by atoms with van der Waals surface area (Å²) in [6.07, 6.45) is 1.00. The zero-order valence-electron chi connectivity index (χ0n) is 10.6. The number of benzene rings is 1. The summed E-state index contributed by atoms with van der Waals surface area (Å²) in [6, 6.07) is 8.08. The minimum Gasteiger partial charge on any atom is -0.387 e. The quantitative estimate of drug-likeness (QED) is 0.863. The van der Waals surface area contributed by atoms with Crippen LogP contribution >= 0.6 is 0 Å². The Kier molecular flexibility index (Phi) is 4.15. The number of aliphatic hydroxyl groups is 1. The van der Waals surface area contributed by atoms with Gasteiger partial charge in [-0.05, 0) is 18.9 Å². The van der Waals surface area contributed by atoms with E-state index in [9.17, 15) is 5.11 Å². The summed E-state index contributed by atoms with van der Waals surface area (Å²) in [7, 11) is 1.76. The molecular formula is C14H21NO2. The van der Waals surface area contributed by atoms with Gasteiger partial charge in [-0.25, -0.2) is 0 Å². The van der Waals surface area contributed by atoms with Crippen LogP contribution < -0.4 is 0 Å². The first-order valence-electron chi connectivity index (χ1n) is 6.19. The average Bonchev–Trinajstić information content (AvgIpc) is 2.77. The fourth-order valence-corrected chi connectivity index (χ4v) is 2.38. The lowest BCUT2D eigenvalue weighted by Crippen LogP contribution is -2.27. The van der Waals surface area contributed by atoms with Crippen molar-refractivity contribution in [2.24, 2.45) is 0 Å². The molecule has 1 aliphatic heterocycles. The van der Waals surface area contributed by atoms with Crippen LogP contribution in [0.15, 0.2) is 24.3 Å². The molecule has 0 radical (unpaired) electrons. The van der Waals surface area contributed by atoms with E-state index in [1.807, 2.05) is 25.1 Å². The van der Waals surface area contributed by atoms with Gasteiger partial charge in [-0.15, -0.1) is 0 Å².